The van der Waals surface area contributed by atoms with Crippen molar-refractivity contribution in [2.75, 3.05) is 4.90 Å². The molecule has 0 bridgehead atoms. The molecule has 0 radical (unpaired) electrons. The quantitative estimate of drug-likeness (QED) is 0.157. The van der Waals surface area contributed by atoms with Crippen LogP contribution in [-0.4, -0.2) is 0 Å². The second-order valence-corrected chi connectivity index (χ2v) is 12.2. The number of fused-ring (bicyclic) bond motifs is 4. The lowest BCUT2D eigenvalue weighted by molar-refractivity contribution is 0.669. The van der Waals surface area contributed by atoms with Gasteiger partial charge in [0.2, 0.25) is 0 Å². The number of aryl methyl sites for hydroxylation is 1. The molecule has 1 aliphatic rings. The number of para-hydroxylation sites is 1. The molecule has 1 aliphatic heterocycles. The lowest BCUT2D eigenvalue weighted by Crippen LogP contribution is -2.11. The van der Waals surface area contributed by atoms with Crippen molar-refractivity contribution in [3.8, 4) is 11.1 Å². The third kappa shape index (κ3) is 6.26. The summed E-state index contributed by atoms with van der Waals surface area (Å²) in [7, 11) is 0. The minimum atomic E-state index is 0.805. The summed E-state index contributed by atoms with van der Waals surface area (Å²) in [6, 6.07) is 36.9. The number of benzene rings is 5. The molecule has 5 aromatic carbocycles. The third-order valence-electron chi connectivity index (χ3n) is 8.91. The first-order valence-electron chi connectivity index (χ1n) is 16.6. The zero-order valence-electron chi connectivity index (χ0n) is 27.6. The van der Waals surface area contributed by atoms with Crippen LogP contribution in [0.3, 0.4) is 0 Å². The number of hydrogen-bond donors (Lipinski definition) is 0. The van der Waals surface area contributed by atoms with E-state index in [2.05, 4.69) is 170 Å². The molecule has 234 valence electrons. The average Bonchev–Trinajstić information content (AvgIpc) is 3.49. The monoisotopic (exact) mass is 621 g/mol. The van der Waals surface area contributed by atoms with Gasteiger partial charge in [-0.15, -0.1) is 0 Å². The molecule has 6 aromatic rings. The Morgan fingerprint density at radius 3 is 2.46 bits per heavy atom. The summed E-state index contributed by atoms with van der Waals surface area (Å²) in [5.41, 5.74) is 13.4. The van der Waals surface area contributed by atoms with Gasteiger partial charge in [0, 0.05) is 33.8 Å². The van der Waals surface area contributed by atoms with E-state index in [1.807, 2.05) is 19.1 Å². The van der Waals surface area contributed by atoms with E-state index in [1.54, 1.807) is 0 Å². The third-order valence-corrected chi connectivity index (χ3v) is 8.91. The molecule has 2 heterocycles. The first kappa shape index (κ1) is 30.8. The molecule has 0 saturated heterocycles. The van der Waals surface area contributed by atoms with Gasteiger partial charge >= 0.3 is 0 Å². The number of rotatable bonds is 8. The van der Waals surface area contributed by atoms with Crippen LogP contribution in [0.15, 0.2) is 175 Å². The van der Waals surface area contributed by atoms with Gasteiger partial charge in [0.1, 0.15) is 11.2 Å². The maximum Gasteiger partial charge on any atom is 0.143 e. The zero-order valence-corrected chi connectivity index (χ0v) is 27.6. The molecular weight excluding hydrogens is 583 g/mol. The summed E-state index contributed by atoms with van der Waals surface area (Å²) in [4.78, 5) is 2.25. The van der Waals surface area contributed by atoms with E-state index in [1.165, 1.54) is 27.6 Å². The van der Waals surface area contributed by atoms with Gasteiger partial charge in [0.25, 0.3) is 0 Å². The summed E-state index contributed by atoms with van der Waals surface area (Å²) in [6.07, 6.45) is 22.6. The highest BCUT2D eigenvalue weighted by atomic mass is 16.3. The molecule has 1 aromatic heterocycles. The summed E-state index contributed by atoms with van der Waals surface area (Å²) < 4.78 is 6.86. The Hall–Kier alpha value is -5.86. The predicted molar refractivity (Wildman–Crippen MR) is 206 cm³/mol. The molecule has 0 spiro atoms. The summed E-state index contributed by atoms with van der Waals surface area (Å²) in [5.74, 6) is 0. The Balaban J connectivity index is 1.49. The van der Waals surface area contributed by atoms with Crippen LogP contribution in [0.25, 0.3) is 38.6 Å². The molecule has 0 aliphatic carbocycles. The number of furan rings is 1. The SMILES string of the molecule is C=C1/C=C\C=C/N(c2ccc3oc4c(-c5cccc(C)c5)cc(C/C=C/C=C\C=C/C)c(Cc5ccccc5)c4c3c2)c2ccccc21. The average molecular weight is 622 g/mol. The van der Waals surface area contributed by atoms with Gasteiger partial charge in [0.05, 0.1) is 5.69 Å². The van der Waals surface area contributed by atoms with Crippen LogP contribution in [0.5, 0.6) is 0 Å². The molecule has 2 nitrogen and oxygen atoms in total. The highest BCUT2D eigenvalue weighted by Crippen LogP contribution is 2.43. The highest BCUT2D eigenvalue weighted by molar-refractivity contribution is 6.13. The van der Waals surface area contributed by atoms with E-state index >= 15 is 0 Å². The smallest absolute Gasteiger partial charge is 0.143 e. The number of nitrogens with zero attached hydrogens (tertiary/aromatic N) is 1. The van der Waals surface area contributed by atoms with Crippen LogP contribution in [0.4, 0.5) is 11.4 Å². The second-order valence-electron chi connectivity index (χ2n) is 12.2. The summed E-state index contributed by atoms with van der Waals surface area (Å²) in [5, 5.41) is 2.29. The van der Waals surface area contributed by atoms with Crippen molar-refractivity contribution in [3.05, 3.63) is 198 Å². The van der Waals surface area contributed by atoms with Crippen molar-refractivity contribution < 1.29 is 4.42 Å². The molecule has 2 heteroatoms. The van der Waals surface area contributed by atoms with Gasteiger partial charge in [-0.05, 0) is 90.9 Å². The van der Waals surface area contributed by atoms with Crippen molar-refractivity contribution in [2.24, 2.45) is 0 Å². The lowest BCUT2D eigenvalue weighted by atomic mass is 9.89. The second kappa shape index (κ2) is 13.9. The summed E-state index contributed by atoms with van der Waals surface area (Å²) in [6.45, 7) is 8.52. The Morgan fingerprint density at radius 2 is 1.60 bits per heavy atom. The van der Waals surface area contributed by atoms with Crippen molar-refractivity contribution >= 4 is 38.9 Å². The van der Waals surface area contributed by atoms with E-state index in [0.717, 1.165) is 63.0 Å². The molecule has 0 N–H and O–H groups in total. The molecular formula is C46H39NO. The molecule has 7 rings (SSSR count). The fourth-order valence-electron chi connectivity index (χ4n) is 6.59. The van der Waals surface area contributed by atoms with Crippen LogP contribution < -0.4 is 4.90 Å². The van der Waals surface area contributed by atoms with Crippen molar-refractivity contribution in [1.29, 1.82) is 0 Å². The lowest BCUT2D eigenvalue weighted by Gasteiger charge is -2.25. The van der Waals surface area contributed by atoms with Crippen LogP contribution in [0, 0.1) is 6.92 Å². The minimum absolute atomic E-state index is 0.805. The van der Waals surface area contributed by atoms with Crippen LogP contribution in [0.2, 0.25) is 0 Å². The van der Waals surface area contributed by atoms with E-state index < -0.39 is 0 Å². The molecule has 0 unspecified atom stereocenters. The predicted octanol–water partition coefficient (Wildman–Crippen LogP) is 12.6. The summed E-state index contributed by atoms with van der Waals surface area (Å²) >= 11 is 0. The van der Waals surface area contributed by atoms with Crippen LogP contribution >= 0.6 is 0 Å². The molecule has 0 atom stereocenters. The minimum Gasteiger partial charge on any atom is -0.455 e. The van der Waals surface area contributed by atoms with Crippen molar-refractivity contribution in [3.63, 3.8) is 0 Å². The highest BCUT2D eigenvalue weighted by Gasteiger charge is 2.22. The standard InChI is InChI=1S/C46H39NO/c1-4-5-6-7-8-12-22-37-31-41(36-23-17-18-33(2)29-36)46-45(40(37)30-35-20-10-9-11-21-35)42-32-38(26-27-44(42)48-46)47-28-16-15-19-34(3)39-24-13-14-25-43(39)47/h4-21,23-29,31-32H,3,22,30H2,1-2H3/b5-4-,7-6-,12-8+,19-15-,28-16-. The molecule has 0 fully saturated rings. The Morgan fingerprint density at radius 1 is 0.771 bits per heavy atom. The fraction of sp³-hybridized carbons (Fsp3) is 0.0870. The molecule has 0 amide bonds. The Labute approximate surface area is 283 Å². The van der Waals surface area contributed by atoms with Gasteiger partial charge in [0.15, 0.2) is 0 Å². The van der Waals surface area contributed by atoms with Gasteiger partial charge in [-0.25, -0.2) is 0 Å². The normalized spacial score (nSPS) is 14.7. The molecule has 0 saturated carbocycles. The van der Waals surface area contributed by atoms with Crippen LogP contribution in [0.1, 0.15) is 34.7 Å². The first-order valence-corrected chi connectivity index (χ1v) is 16.6. The van der Waals surface area contributed by atoms with Gasteiger partial charge < -0.3 is 9.32 Å². The first-order chi connectivity index (χ1) is 23.6. The zero-order chi connectivity index (χ0) is 32.9. The largest absolute Gasteiger partial charge is 0.455 e. The van der Waals surface area contributed by atoms with Crippen molar-refractivity contribution in [2.45, 2.75) is 26.7 Å². The Kier molecular flexibility index (Phi) is 8.89. The van der Waals surface area contributed by atoms with Gasteiger partial charge in [-0.3, -0.25) is 0 Å². The number of hydrogen-bond acceptors (Lipinski definition) is 2. The van der Waals surface area contributed by atoms with Crippen LogP contribution in [-0.2, 0) is 12.8 Å². The number of allylic oxidation sites excluding steroid dienone is 10. The van der Waals surface area contributed by atoms with E-state index in [9.17, 15) is 0 Å². The van der Waals surface area contributed by atoms with E-state index in [4.69, 9.17) is 4.42 Å². The van der Waals surface area contributed by atoms with Gasteiger partial charge in [-0.1, -0.05) is 134 Å². The topological polar surface area (TPSA) is 16.4 Å². The maximum absolute atomic E-state index is 6.86. The maximum atomic E-state index is 6.86. The van der Waals surface area contributed by atoms with E-state index in [0.29, 0.717) is 0 Å². The molecule has 48 heavy (non-hydrogen) atoms. The van der Waals surface area contributed by atoms with E-state index in [-0.39, 0.29) is 0 Å². The fourth-order valence-corrected chi connectivity index (χ4v) is 6.59. The Bertz CT molecular complexity index is 2270. The number of anilines is 2. The van der Waals surface area contributed by atoms with Gasteiger partial charge in [-0.2, -0.15) is 0 Å². The van der Waals surface area contributed by atoms with Crippen molar-refractivity contribution in [1.82, 2.24) is 0 Å².